The molecule has 0 aliphatic rings. The number of hydrogen-bond donors (Lipinski definition) is 3. The number of carboxylic acid groups (broad SMARTS) is 1. The zero-order chi connectivity index (χ0) is 17.6. The van der Waals surface area contributed by atoms with Crippen LogP contribution in [-0.4, -0.2) is 52.9 Å². The highest BCUT2D eigenvalue weighted by Crippen LogP contribution is 2.10. The fraction of sp³-hybridized carbons (Fsp3) is 0.714. The van der Waals surface area contributed by atoms with Crippen LogP contribution in [0.4, 0.5) is 0 Å². The van der Waals surface area contributed by atoms with Crippen molar-refractivity contribution in [1.82, 2.24) is 10.2 Å². The molecule has 2 amide bonds. The maximum Gasteiger partial charge on any atom is 0.328 e. The topological polar surface area (TPSA) is 125 Å². The average Bonchev–Trinajstić information content (AvgIpc) is 2.34. The van der Waals surface area contributed by atoms with E-state index < -0.39 is 24.0 Å². The molecule has 0 spiro atoms. The number of rotatable bonds is 6. The minimum Gasteiger partial charge on any atom is -0.480 e. The molecule has 0 aromatic carbocycles. The number of nitrogens with two attached hydrogens (primary N) is 1. The van der Waals surface area contributed by atoms with Gasteiger partial charge in [0.25, 0.3) is 0 Å². The van der Waals surface area contributed by atoms with E-state index in [-0.39, 0.29) is 23.7 Å². The Bertz CT molecular complexity index is 460. The van der Waals surface area contributed by atoms with E-state index in [2.05, 4.69) is 10.3 Å². The highest BCUT2D eigenvalue weighted by atomic mass is 16.4. The quantitative estimate of drug-likeness (QED) is 0.471. The van der Waals surface area contributed by atoms with Gasteiger partial charge in [-0.25, -0.2) is 9.79 Å². The minimum atomic E-state index is -1.12. The Morgan fingerprint density at radius 3 is 1.95 bits per heavy atom. The van der Waals surface area contributed by atoms with Crippen LogP contribution in [0.2, 0.25) is 0 Å². The molecule has 22 heavy (non-hydrogen) atoms. The number of aliphatic imine (C=N–C) groups is 1. The van der Waals surface area contributed by atoms with Gasteiger partial charge in [-0.15, -0.1) is 0 Å². The van der Waals surface area contributed by atoms with Crippen molar-refractivity contribution in [2.75, 3.05) is 7.05 Å². The fourth-order valence-electron chi connectivity index (χ4n) is 1.99. The normalized spacial score (nSPS) is 14.6. The predicted octanol–water partition coefficient (Wildman–Crippen LogP) is 0.0294. The Kier molecular flexibility index (Phi) is 7.55. The largest absolute Gasteiger partial charge is 0.480 e. The number of amides is 2. The van der Waals surface area contributed by atoms with Crippen molar-refractivity contribution >= 4 is 23.7 Å². The number of nitrogens with one attached hydrogen (secondary N) is 1. The van der Waals surface area contributed by atoms with Crippen LogP contribution in [0.25, 0.3) is 0 Å². The summed E-state index contributed by atoms with van der Waals surface area (Å²) in [5, 5.41) is 11.4. The van der Waals surface area contributed by atoms with E-state index in [1.165, 1.54) is 18.9 Å². The molecular weight excluding hydrogens is 288 g/mol. The SMILES string of the molecule is CC(=O)N(C)[C@H](C(=O)NC(N)=N[C@H](C(=O)O)C(C)C)C(C)C. The number of hydrogen-bond acceptors (Lipinski definition) is 4. The van der Waals surface area contributed by atoms with Crippen molar-refractivity contribution in [3.63, 3.8) is 0 Å². The molecule has 0 rings (SSSR count). The zero-order valence-electron chi connectivity index (χ0n) is 14.0. The standard InChI is InChI=1S/C14H26N4O4/c1-7(2)10(13(21)22)16-14(15)17-12(20)11(8(3)4)18(6)9(5)19/h7-8,10-11H,1-6H3,(H,21,22)(H3,15,16,17,20)/t10-,11-/m0/s1. The Balaban J connectivity index is 5.15. The minimum absolute atomic E-state index is 0.137. The molecule has 0 unspecified atom stereocenters. The lowest BCUT2D eigenvalue weighted by molar-refractivity contribution is -0.139. The van der Waals surface area contributed by atoms with Crippen LogP contribution in [0.1, 0.15) is 34.6 Å². The summed E-state index contributed by atoms with van der Waals surface area (Å²) < 4.78 is 0. The molecular formula is C14H26N4O4. The van der Waals surface area contributed by atoms with Crippen LogP contribution in [0.3, 0.4) is 0 Å². The smallest absolute Gasteiger partial charge is 0.328 e. The number of carboxylic acids is 1. The van der Waals surface area contributed by atoms with Crippen LogP contribution >= 0.6 is 0 Å². The van der Waals surface area contributed by atoms with Gasteiger partial charge in [-0.3, -0.25) is 14.9 Å². The van der Waals surface area contributed by atoms with E-state index >= 15 is 0 Å². The second-order valence-corrected chi connectivity index (χ2v) is 5.85. The van der Waals surface area contributed by atoms with Gasteiger partial charge in [-0.1, -0.05) is 27.7 Å². The third-order valence-corrected chi connectivity index (χ3v) is 3.23. The number of aliphatic carboxylic acids is 1. The van der Waals surface area contributed by atoms with Crippen molar-refractivity contribution < 1.29 is 19.5 Å². The Morgan fingerprint density at radius 1 is 1.14 bits per heavy atom. The highest BCUT2D eigenvalue weighted by molar-refractivity contribution is 6.00. The number of likely N-dealkylation sites (N-methyl/N-ethyl adjacent to an activating group) is 1. The fourth-order valence-corrected chi connectivity index (χ4v) is 1.99. The molecule has 0 fully saturated rings. The van der Waals surface area contributed by atoms with Crippen LogP contribution in [0, 0.1) is 11.8 Å². The van der Waals surface area contributed by atoms with E-state index in [4.69, 9.17) is 10.8 Å². The van der Waals surface area contributed by atoms with E-state index in [0.29, 0.717) is 0 Å². The van der Waals surface area contributed by atoms with Crippen molar-refractivity contribution in [3.8, 4) is 0 Å². The highest BCUT2D eigenvalue weighted by Gasteiger charge is 2.29. The maximum atomic E-state index is 12.2. The number of carbonyl (C=O) groups excluding carboxylic acids is 2. The first-order chi connectivity index (χ1) is 9.98. The molecule has 0 heterocycles. The van der Waals surface area contributed by atoms with Gasteiger partial charge in [0, 0.05) is 14.0 Å². The second-order valence-electron chi connectivity index (χ2n) is 5.85. The van der Waals surface area contributed by atoms with Crippen LogP contribution < -0.4 is 11.1 Å². The summed E-state index contributed by atoms with van der Waals surface area (Å²) in [6, 6.07) is -1.75. The summed E-state index contributed by atoms with van der Waals surface area (Å²) in [7, 11) is 1.52. The molecule has 0 aromatic rings. The molecule has 0 radical (unpaired) electrons. The van der Waals surface area contributed by atoms with Gasteiger partial charge in [0.15, 0.2) is 12.0 Å². The molecule has 0 aliphatic heterocycles. The summed E-state index contributed by atoms with van der Waals surface area (Å²) in [6.45, 7) is 8.34. The molecule has 2 atom stereocenters. The second kappa shape index (κ2) is 8.35. The third-order valence-electron chi connectivity index (χ3n) is 3.23. The molecule has 0 aliphatic carbocycles. The Hall–Kier alpha value is -2.12. The van der Waals surface area contributed by atoms with E-state index in [9.17, 15) is 14.4 Å². The van der Waals surface area contributed by atoms with Crippen LogP contribution in [-0.2, 0) is 14.4 Å². The van der Waals surface area contributed by atoms with Gasteiger partial charge in [-0.05, 0) is 11.8 Å². The predicted molar refractivity (Wildman–Crippen MR) is 83.1 cm³/mol. The van der Waals surface area contributed by atoms with Crippen molar-refractivity contribution in [2.24, 2.45) is 22.6 Å². The summed E-state index contributed by atoms with van der Waals surface area (Å²) >= 11 is 0. The first kappa shape index (κ1) is 19.9. The van der Waals surface area contributed by atoms with Crippen LogP contribution in [0.15, 0.2) is 4.99 Å². The molecule has 8 heteroatoms. The van der Waals surface area contributed by atoms with Crippen molar-refractivity contribution in [3.05, 3.63) is 0 Å². The summed E-state index contributed by atoms with van der Waals surface area (Å²) in [6.07, 6.45) is 0. The van der Waals surface area contributed by atoms with Gasteiger partial charge in [-0.2, -0.15) is 0 Å². The molecule has 0 bridgehead atoms. The lowest BCUT2D eigenvalue weighted by Gasteiger charge is -2.29. The Labute approximate surface area is 130 Å². The molecule has 126 valence electrons. The van der Waals surface area contributed by atoms with E-state index in [1.54, 1.807) is 27.7 Å². The van der Waals surface area contributed by atoms with Gasteiger partial charge in [0.2, 0.25) is 11.8 Å². The molecule has 0 saturated heterocycles. The summed E-state index contributed by atoms with van der Waals surface area (Å²) in [4.78, 5) is 39.9. The summed E-state index contributed by atoms with van der Waals surface area (Å²) in [5.41, 5.74) is 5.62. The molecule has 0 saturated carbocycles. The van der Waals surface area contributed by atoms with Gasteiger partial charge in [0.1, 0.15) is 6.04 Å². The number of guanidine groups is 1. The third kappa shape index (κ3) is 5.71. The zero-order valence-corrected chi connectivity index (χ0v) is 14.0. The van der Waals surface area contributed by atoms with Crippen LogP contribution in [0.5, 0.6) is 0 Å². The van der Waals surface area contributed by atoms with Gasteiger partial charge >= 0.3 is 5.97 Å². The Morgan fingerprint density at radius 2 is 1.64 bits per heavy atom. The lowest BCUT2D eigenvalue weighted by atomic mass is 10.0. The molecule has 0 aromatic heterocycles. The summed E-state index contributed by atoms with van der Waals surface area (Å²) in [5.74, 6) is -2.55. The van der Waals surface area contributed by atoms with Gasteiger partial charge in [0.05, 0.1) is 0 Å². The average molecular weight is 314 g/mol. The molecule has 4 N–H and O–H groups in total. The maximum absolute atomic E-state index is 12.2. The molecule has 8 nitrogen and oxygen atoms in total. The van der Waals surface area contributed by atoms with Gasteiger partial charge < -0.3 is 15.7 Å². The van der Waals surface area contributed by atoms with Crippen molar-refractivity contribution in [1.29, 1.82) is 0 Å². The first-order valence-electron chi connectivity index (χ1n) is 7.09. The van der Waals surface area contributed by atoms with Crippen molar-refractivity contribution in [2.45, 2.75) is 46.7 Å². The number of carbonyl (C=O) groups is 3. The number of nitrogens with zero attached hydrogens (tertiary/aromatic N) is 2. The lowest BCUT2D eigenvalue weighted by Crippen LogP contribution is -2.53. The van der Waals surface area contributed by atoms with E-state index in [1.807, 2.05) is 0 Å². The van der Waals surface area contributed by atoms with E-state index in [0.717, 1.165) is 0 Å². The first-order valence-corrected chi connectivity index (χ1v) is 7.09. The monoisotopic (exact) mass is 314 g/mol.